The van der Waals surface area contributed by atoms with Gasteiger partial charge in [0, 0.05) is 7.05 Å². The first-order chi connectivity index (χ1) is 10.1. The molecule has 3 atom stereocenters. The molecule has 1 aliphatic carbocycles. The van der Waals surface area contributed by atoms with E-state index in [-0.39, 0.29) is 5.91 Å². The lowest BCUT2D eigenvalue weighted by Gasteiger charge is -2.27. The van der Waals surface area contributed by atoms with Crippen molar-refractivity contribution in [3.05, 3.63) is 0 Å². The Morgan fingerprint density at radius 1 is 1.32 bits per heavy atom. The van der Waals surface area contributed by atoms with E-state index in [0.717, 1.165) is 17.9 Å². The zero-order chi connectivity index (χ0) is 16.9. The molecule has 0 radical (unpaired) electrons. The summed E-state index contributed by atoms with van der Waals surface area (Å²) in [5, 5.41) is 3.85. The Morgan fingerprint density at radius 2 is 1.95 bits per heavy atom. The average molecular weight is 314 g/mol. The van der Waals surface area contributed by atoms with E-state index in [0.29, 0.717) is 18.3 Å². The van der Waals surface area contributed by atoms with Crippen LogP contribution in [0.3, 0.4) is 0 Å². The maximum absolute atomic E-state index is 12.4. The highest BCUT2D eigenvalue weighted by Gasteiger charge is 2.31. The number of nitrogens with zero attached hydrogens (tertiary/aromatic N) is 1. The van der Waals surface area contributed by atoms with Gasteiger partial charge in [0.2, 0.25) is 0 Å². The maximum Gasteiger partial charge on any atom is 0.408 e. The van der Waals surface area contributed by atoms with Gasteiger partial charge in [0.05, 0.1) is 7.11 Å². The highest BCUT2D eigenvalue weighted by Crippen LogP contribution is 2.33. The molecule has 0 aromatic rings. The van der Waals surface area contributed by atoms with Crippen LogP contribution in [0.4, 0.5) is 4.79 Å². The molecule has 0 aromatic heterocycles. The number of amides is 2. The van der Waals surface area contributed by atoms with Gasteiger partial charge in [0.25, 0.3) is 5.91 Å². The predicted molar refractivity (Wildman–Crippen MR) is 84.1 cm³/mol. The van der Waals surface area contributed by atoms with Gasteiger partial charge in [0.15, 0.2) is 0 Å². The van der Waals surface area contributed by atoms with E-state index in [1.165, 1.54) is 13.5 Å². The molecule has 6 heteroatoms. The standard InChI is InChI=1S/C16H30N2O4/c1-11-7-8-12(9-11)10-13(14(19)18(5)21-6)17-15(20)22-16(2,3)4/h11-13H,7-10H2,1-6H3,(H,17,20)/t11-,12+,13-/m0/s1. The summed E-state index contributed by atoms with van der Waals surface area (Å²) in [6.07, 6.45) is 3.42. The Labute approximate surface area is 133 Å². The number of carbonyl (C=O) groups excluding carboxylic acids is 2. The number of hydrogen-bond donors (Lipinski definition) is 1. The summed E-state index contributed by atoms with van der Waals surface area (Å²) >= 11 is 0. The first kappa shape index (κ1) is 18.7. The molecule has 0 heterocycles. The van der Waals surface area contributed by atoms with Crippen LogP contribution in [-0.2, 0) is 14.4 Å². The van der Waals surface area contributed by atoms with Crippen LogP contribution in [0.15, 0.2) is 0 Å². The van der Waals surface area contributed by atoms with Gasteiger partial charge < -0.3 is 10.1 Å². The molecule has 0 saturated heterocycles. The quantitative estimate of drug-likeness (QED) is 0.792. The fourth-order valence-corrected chi connectivity index (χ4v) is 2.85. The third-order valence-electron chi connectivity index (χ3n) is 3.95. The van der Waals surface area contributed by atoms with Crippen molar-refractivity contribution in [3.63, 3.8) is 0 Å². The van der Waals surface area contributed by atoms with E-state index < -0.39 is 17.7 Å². The fourth-order valence-electron chi connectivity index (χ4n) is 2.85. The maximum atomic E-state index is 12.4. The Bertz CT molecular complexity index is 392. The zero-order valence-electron chi connectivity index (χ0n) is 14.6. The summed E-state index contributed by atoms with van der Waals surface area (Å²) in [4.78, 5) is 29.3. The highest BCUT2D eigenvalue weighted by molar-refractivity contribution is 5.84. The molecule has 1 saturated carbocycles. The van der Waals surface area contributed by atoms with Crippen molar-refractivity contribution in [2.24, 2.45) is 11.8 Å². The summed E-state index contributed by atoms with van der Waals surface area (Å²) in [5.74, 6) is 0.875. The first-order valence-electron chi connectivity index (χ1n) is 7.93. The number of rotatable bonds is 5. The van der Waals surface area contributed by atoms with Gasteiger partial charge >= 0.3 is 6.09 Å². The Balaban J connectivity index is 2.69. The van der Waals surface area contributed by atoms with Gasteiger partial charge in [0.1, 0.15) is 11.6 Å². The van der Waals surface area contributed by atoms with E-state index in [2.05, 4.69) is 12.2 Å². The smallest absolute Gasteiger partial charge is 0.408 e. The number of carbonyl (C=O) groups is 2. The molecular formula is C16H30N2O4. The van der Waals surface area contributed by atoms with E-state index in [1.54, 1.807) is 27.8 Å². The van der Waals surface area contributed by atoms with Crippen molar-refractivity contribution in [2.45, 2.75) is 65.0 Å². The molecule has 0 unspecified atom stereocenters. The number of hydrogen-bond acceptors (Lipinski definition) is 4. The summed E-state index contributed by atoms with van der Waals surface area (Å²) in [7, 11) is 2.98. The summed E-state index contributed by atoms with van der Waals surface area (Å²) in [6.45, 7) is 7.61. The molecule has 2 amide bonds. The molecule has 1 rings (SSSR count). The molecule has 1 aliphatic rings. The van der Waals surface area contributed by atoms with Crippen LogP contribution in [0.1, 0.15) is 53.4 Å². The molecule has 6 nitrogen and oxygen atoms in total. The third-order valence-corrected chi connectivity index (χ3v) is 3.95. The minimum atomic E-state index is -0.616. The van der Waals surface area contributed by atoms with Gasteiger partial charge in [-0.05, 0) is 45.4 Å². The van der Waals surface area contributed by atoms with Crippen molar-refractivity contribution in [2.75, 3.05) is 14.2 Å². The number of alkyl carbamates (subject to hydrolysis) is 1. The Hall–Kier alpha value is -1.30. The molecule has 0 spiro atoms. The van der Waals surface area contributed by atoms with Crippen LogP contribution >= 0.6 is 0 Å². The first-order valence-corrected chi connectivity index (χ1v) is 7.93. The Morgan fingerprint density at radius 3 is 2.41 bits per heavy atom. The van der Waals surface area contributed by atoms with Crippen LogP contribution < -0.4 is 5.32 Å². The van der Waals surface area contributed by atoms with E-state index in [4.69, 9.17) is 9.57 Å². The number of likely N-dealkylation sites (N-methyl/N-ethyl adjacent to an activating group) is 1. The molecule has 1 fully saturated rings. The topological polar surface area (TPSA) is 67.9 Å². The largest absolute Gasteiger partial charge is 0.444 e. The Kier molecular flexibility index (Phi) is 6.66. The van der Waals surface area contributed by atoms with Crippen molar-refractivity contribution >= 4 is 12.0 Å². The normalized spacial score (nSPS) is 23.0. The summed E-state index contributed by atoms with van der Waals surface area (Å²) in [5.41, 5.74) is -0.591. The molecule has 0 aliphatic heterocycles. The van der Waals surface area contributed by atoms with Crippen LogP contribution in [-0.4, -0.2) is 42.9 Å². The predicted octanol–water partition coefficient (Wildman–Crippen LogP) is 2.73. The minimum absolute atomic E-state index is 0.257. The van der Waals surface area contributed by atoms with E-state index in [9.17, 15) is 9.59 Å². The molecule has 128 valence electrons. The lowest BCUT2D eigenvalue weighted by atomic mass is 9.97. The van der Waals surface area contributed by atoms with Gasteiger partial charge in [-0.3, -0.25) is 9.63 Å². The van der Waals surface area contributed by atoms with Crippen molar-refractivity contribution < 1.29 is 19.2 Å². The zero-order valence-corrected chi connectivity index (χ0v) is 14.6. The lowest BCUT2D eigenvalue weighted by Crippen LogP contribution is -2.49. The fraction of sp³-hybridized carbons (Fsp3) is 0.875. The van der Waals surface area contributed by atoms with E-state index >= 15 is 0 Å². The van der Waals surface area contributed by atoms with Crippen molar-refractivity contribution in [1.29, 1.82) is 0 Å². The second-order valence-electron chi connectivity index (χ2n) is 7.24. The van der Waals surface area contributed by atoms with Crippen LogP contribution in [0.25, 0.3) is 0 Å². The molecule has 0 bridgehead atoms. The van der Waals surface area contributed by atoms with Crippen LogP contribution in [0.5, 0.6) is 0 Å². The summed E-state index contributed by atoms with van der Waals surface area (Å²) in [6, 6.07) is -0.616. The van der Waals surface area contributed by atoms with Gasteiger partial charge in [-0.2, -0.15) is 0 Å². The molecule has 0 aromatic carbocycles. The monoisotopic (exact) mass is 314 g/mol. The minimum Gasteiger partial charge on any atom is -0.444 e. The van der Waals surface area contributed by atoms with Gasteiger partial charge in [-0.25, -0.2) is 9.86 Å². The van der Waals surface area contributed by atoms with Gasteiger partial charge in [-0.15, -0.1) is 0 Å². The SMILES string of the molecule is CON(C)C(=O)[C@H](C[C@@H]1CC[C@H](C)C1)NC(=O)OC(C)(C)C. The van der Waals surface area contributed by atoms with Crippen molar-refractivity contribution in [1.82, 2.24) is 10.4 Å². The van der Waals surface area contributed by atoms with Crippen LogP contribution in [0, 0.1) is 11.8 Å². The van der Waals surface area contributed by atoms with E-state index in [1.807, 2.05) is 0 Å². The average Bonchev–Trinajstić information content (AvgIpc) is 2.79. The second kappa shape index (κ2) is 7.81. The molecular weight excluding hydrogens is 284 g/mol. The highest BCUT2D eigenvalue weighted by atomic mass is 16.7. The molecule has 1 N–H and O–H groups in total. The lowest BCUT2D eigenvalue weighted by molar-refractivity contribution is -0.171. The van der Waals surface area contributed by atoms with Crippen molar-refractivity contribution in [3.8, 4) is 0 Å². The number of ether oxygens (including phenoxy) is 1. The number of nitrogens with one attached hydrogen (secondary N) is 1. The number of hydroxylamine groups is 2. The molecule has 22 heavy (non-hydrogen) atoms. The second-order valence-corrected chi connectivity index (χ2v) is 7.24. The third kappa shape index (κ3) is 6.22. The summed E-state index contributed by atoms with van der Waals surface area (Å²) < 4.78 is 5.26. The van der Waals surface area contributed by atoms with Crippen LogP contribution in [0.2, 0.25) is 0 Å². The van der Waals surface area contributed by atoms with Gasteiger partial charge in [-0.1, -0.05) is 19.8 Å².